The summed E-state index contributed by atoms with van der Waals surface area (Å²) in [6, 6.07) is 46.1. The Hall–Kier alpha value is -4.10. The molecule has 0 saturated carbocycles. The van der Waals surface area contributed by atoms with Crippen molar-refractivity contribution >= 4 is 21.8 Å². The zero-order valence-electron chi connectivity index (χ0n) is 17.9. The summed E-state index contributed by atoms with van der Waals surface area (Å²) in [6.45, 7) is 0. The van der Waals surface area contributed by atoms with E-state index in [1.807, 2.05) is 36.4 Å². The molecule has 32 heavy (non-hydrogen) atoms. The molecule has 1 aliphatic carbocycles. The molecule has 1 nitrogen and oxygen atoms in total. The third-order valence-corrected chi connectivity index (χ3v) is 5.79. The van der Waals surface area contributed by atoms with Crippen molar-refractivity contribution in [2.24, 2.45) is 0 Å². The Morgan fingerprint density at radius 1 is 0.375 bits per heavy atom. The number of hydrogen-bond donors (Lipinski definition) is 1. The molecule has 0 bridgehead atoms. The van der Waals surface area contributed by atoms with Crippen LogP contribution in [-0.2, 0) is 6.42 Å². The highest BCUT2D eigenvalue weighted by Gasteiger charge is 2.15. The maximum absolute atomic E-state index is 3.38. The fourth-order valence-electron chi connectivity index (χ4n) is 4.26. The quantitative estimate of drug-likeness (QED) is 0.258. The molecule has 1 N–H and O–H groups in total. The zero-order chi connectivity index (χ0) is 21.6. The predicted octanol–water partition coefficient (Wildman–Crippen LogP) is 8.27. The summed E-state index contributed by atoms with van der Waals surface area (Å²) in [4.78, 5) is 3.38. The third kappa shape index (κ3) is 4.19. The summed E-state index contributed by atoms with van der Waals surface area (Å²) in [5, 5.41) is 2.61. The normalized spacial score (nSPS) is 11.0. The van der Waals surface area contributed by atoms with Gasteiger partial charge in [-0.2, -0.15) is 0 Å². The molecule has 154 valence electrons. The van der Waals surface area contributed by atoms with Crippen LogP contribution in [0.4, 0.5) is 0 Å². The fourth-order valence-corrected chi connectivity index (χ4v) is 4.26. The molecular weight excluding hydrogens is 386 g/mol. The van der Waals surface area contributed by atoms with Gasteiger partial charge in [0.05, 0.1) is 0 Å². The number of rotatable bonds is 0. The summed E-state index contributed by atoms with van der Waals surface area (Å²) in [5.74, 6) is 0. The maximum atomic E-state index is 3.38. The van der Waals surface area contributed by atoms with Crippen LogP contribution in [0.1, 0.15) is 11.1 Å². The smallest absolute Gasteiger partial charge is 0.0464 e. The molecule has 1 aliphatic rings. The Morgan fingerprint density at radius 3 is 1.22 bits per heavy atom. The van der Waals surface area contributed by atoms with Crippen molar-refractivity contribution in [2.75, 3.05) is 0 Å². The number of aromatic nitrogens is 1. The molecule has 0 aliphatic heterocycles. The van der Waals surface area contributed by atoms with E-state index < -0.39 is 0 Å². The second-order valence-electron chi connectivity index (χ2n) is 7.86. The van der Waals surface area contributed by atoms with Crippen molar-refractivity contribution in [1.82, 2.24) is 4.98 Å². The monoisotopic (exact) mass is 411 g/mol. The van der Waals surface area contributed by atoms with Crippen molar-refractivity contribution in [3.63, 3.8) is 0 Å². The lowest BCUT2D eigenvalue weighted by molar-refractivity contribution is 1.26. The minimum atomic E-state index is 1.10. The topological polar surface area (TPSA) is 15.8 Å². The summed E-state index contributed by atoms with van der Waals surface area (Å²) in [7, 11) is 0. The molecule has 0 fully saturated rings. The molecule has 0 unspecified atom stereocenters. The fraction of sp³-hybridized carbons (Fsp3) is 0.0323. The van der Waals surface area contributed by atoms with Crippen LogP contribution in [-0.4, -0.2) is 4.98 Å². The number of H-pyrrole nitrogens is 1. The first-order valence-electron chi connectivity index (χ1n) is 11.0. The second-order valence-corrected chi connectivity index (χ2v) is 7.86. The van der Waals surface area contributed by atoms with Crippen molar-refractivity contribution < 1.29 is 0 Å². The minimum absolute atomic E-state index is 1.10. The van der Waals surface area contributed by atoms with Gasteiger partial charge in [-0.1, -0.05) is 121 Å². The number of para-hydroxylation sites is 2. The Bertz CT molecular complexity index is 1320. The van der Waals surface area contributed by atoms with Crippen LogP contribution in [0.3, 0.4) is 0 Å². The van der Waals surface area contributed by atoms with Crippen LogP contribution in [0.5, 0.6) is 0 Å². The van der Waals surface area contributed by atoms with Gasteiger partial charge in [-0.05, 0) is 40.8 Å². The van der Waals surface area contributed by atoms with E-state index in [2.05, 4.69) is 102 Å². The molecule has 5 aromatic carbocycles. The largest absolute Gasteiger partial charge is 0.355 e. The van der Waals surface area contributed by atoms with Crippen molar-refractivity contribution in [3.8, 4) is 11.1 Å². The molecule has 0 saturated heterocycles. The SMILES string of the molecule is c1ccc2c(c1)Cc1ccccc1-2.c1ccc2c(c1)[nH]c1ccccc12.c1ccccc1. The standard InChI is InChI=1S/C13H10.C12H9N.C6H6/c1-3-7-12-10(5-1)9-11-6-2-4-8-13(11)12;1-3-7-11-9(5-1)10-6-2-4-8-12(10)13-11;1-2-4-6-5-3-1/h1-8H,9H2;1-8,13H;1-6H. The highest BCUT2D eigenvalue weighted by atomic mass is 14.7. The minimum Gasteiger partial charge on any atom is -0.355 e. The van der Waals surface area contributed by atoms with Gasteiger partial charge in [0.2, 0.25) is 0 Å². The van der Waals surface area contributed by atoms with E-state index in [-0.39, 0.29) is 0 Å². The van der Waals surface area contributed by atoms with Gasteiger partial charge in [-0.25, -0.2) is 0 Å². The van der Waals surface area contributed by atoms with Crippen LogP contribution in [0.2, 0.25) is 0 Å². The maximum Gasteiger partial charge on any atom is 0.0464 e. The molecular formula is C31H25N. The van der Waals surface area contributed by atoms with Gasteiger partial charge in [-0.15, -0.1) is 0 Å². The van der Waals surface area contributed by atoms with E-state index in [4.69, 9.17) is 0 Å². The summed E-state index contributed by atoms with van der Waals surface area (Å²) in [5.41, 5.74) is 8.18. The molecule has 6 aromatic rings. The van der Waals surface area contributed by atoms with Gasteiger partial charge in [0.1, 0.15) is 0 Å². The Labute approximate surface area is 189 Å². The Balaban J connectivity index is 0.000000109. The van der Waals surface area contributed by atoms with E-state index in [0.29, 0.717) is 0 Å². The van der Waals surface area contributed by atoms with Gasteiger partial charge in [-0.3, -0.25) is 0 Å². The molecule has 0 amide bonds. The van der Waals surface area contributed by atoms with E-state index in [1.54, 1.807) is 0 Å². The first kappa shape index (κ1) is 19.8. The molecule has 1 aromatic heterocycles. The Kier molecular flexibility index (Phi) is 5.80. The number of aromatic amines is 1. The summed E-state index contributed by atoms with van der Waals surface area (Å²) in [6.07, 6.45) is 1.10. The van der Waals surface area contributed by atoms with Crippen LogP contribution < -0.4 is 0 Å². The van der Waals surface area contributed by atoms with E-state index >= 15 is 0 Å². The molecule has 1 heteroatoms. The van der Waals surface area contributed by atoms with Gasteiger partial charge in [0.15, 0.2) is 0 Å². The number of hydrogen-bond acceptors (Lipinski definition) is 0. The first-order valence-corrected chi connectivity index (χ1v) is 11.0. The average molecular weight is 412 g/mol. The first-order chi connectivity index (χ1) is 15.9. The van der Waals surface area contributed by atoms with Gasteiger partial charge in [0.25, 0.3) is 0 Å². The number of benzene rings is 5. The summed E-state index contributed by atoms with van der Waals surface area (Å²) < 4.78 is 0. The summed E-state index contributed by atoms with van der Waals surface area (Å²) >= 11 is 0. The van der Waals surface area contributed by atoms with E-state index in [9.17, 15) is 0 Å². The second kappa shape index (κ2) is 9.36. The van der Waals surface area contributed by atoms with Crippen LogP contribution in [0.25, 0.3) is 32.9 Å². The number of fused-ring (bicyclic) bond motifs is 6. The molecule has 0 atom stereocenters. The molecule has 1 heterocycles. The highest BCUT2D eigenvalue weighted by molar-refractivity contribution is 6.06. The van der Waals surface area contributed by atoms with E-state index in [0.717, 1.165) is 6.42 Å². The Morgan fingerprint density at radius 2 is 0.750 bits per heavy atom. The van der Waals surface area contributed by atoms with Crippen molar-refractivity contribution in [3.05, 3.63) is 145 Å². The van der Waals surface area contributed by atoms with Gasteiger partial charge in [0, 0.05) is 21.8 Å². The van der Waals surface area contributed by atoms with Crippen LogP contribution in [0.15, 0.2) is 133 Å². The van der Waals surface area contributed by atoms with Crippen molar-refractivity contribution in [2.45, 2.75) is 6.42 Å². The molecule has 7 rings (SSSR count). The lowest BCUT2D eigenvalue weighted by Gasteiger charge is -1.98. The zero-order valence-corrected chi connectivity index (χ0v) is 17.9. The van der Waals surface area contributed by atoms with Gasteiger partial charge >= 0.3 is 0 Å². The van der Waals surface area contributed by atoms with E-state index in [1.165, 1.54) is 44.1 Å². The lowest BCUT2D eigenvalue weighted by atomic mass is 10.1. The molecule has 0 spiro atoms. The predicted molar refractivity (Wildman–Crippen MR) is 137 cm³/mol. The third-order valence-electron chi connectivity index (χ3n) is 5.79. The highest BCUT2D eigenvalue weighted by Crippen LogP contribution is 2.35. The van der Waals surface area contributed by atoms with Crippen LogP contribution in [0, 0.1) is 0 Å². The number of nitrogens with one attached hydrogen (secondary N) is 1. The van der Waals surface area contributed by atoms with Crippen LogP contribution >= 0.6 is 0 Å². The average Bonchev–Trinajstić information content (AvgIpc) is 3.44. The lowest BCUT2D eigenvalue weighted by Crippen LogP contribution is -1.77. The molecule has 0 radical (unpaired) electrons. The van der Waals surface area contributed by atoms with Crippen molar-refractivity contribution in [1.29, 1.82) is 0 Å². The van der Waals surface area contributed by atoms with Gasteiger partial charge < -0.3 is 4.98 Å².